The Balaban J connectivity index is 2.96. The summed E-state index contributed by atoms with van der Waals surface area (Å²) in [6.45, 7) is 0. The van der Waals surface area contributed by atoms with Crippen molar-refractivity contribution in [3.63, 3.8) is 0 Å². The fourth-order valence-corrected chi connectivity index (χ4v) is 1.10. The van der Waals surface area contributed by atoms with Crippen LogP contribution in [-0.4, -0.2) is 16.1 Å². The molecule has 0 aliphatic heterocycles. The first-order valence-corrected chi connectivity index (χ1v) is 3.59. The molecular formula is C7H5NO3S. The van der Waals surface area contributed by atoms with Crippen LogP contribution in [0.4, 0.5) is 0 Å². The number of thiocarbonyl (C=S) groups is 1. The Hall–Kier alpha value is -1.36. The normalized spacial score (nSPS) is 16.5. The van der Waals surface area contributed by atoms with E-state index in [4.69, 9.17) is 12.2 Å². The van der Waals surface area contributed by atoms with Crippen molar-refractivity contribution in [2.75, 3.05) is 0 Å². The van der Waals surface area contributed by atoms with Gasteiger partial charge in [-0.15, -0.1) is 0 Å². The molecule has 4 nitrogen and oxygen atoms in total. The highest BCUT2D eigenvalue weighted by Crippen LogP contribution is 2.15. The molecule has 0 atom stereocenters. The van der Waals surface area contributed by atoms with E-state index in [2.05, 4.69) is 0 Å². The highest BCUT2D eigenvalue weighted by atomic mass is 32.1. The smallest absolute Gasteiger partial charge is 0.251 e. The summed E-state index contributed by atoms with van der Waals surface area (Å²) in [7, 11) is 0. The summed E-state index contributed by atoms with van der Waals surface area (Å²) in [5.41, 5.74) is 0.390. The molecule has 1 aliphatic carbocycles. The maximum atomic E-state index is 10.3. The Labute approximate surface area is 73.7 Å². The Morgan fingerprint density at radius 2 is 2.25 bits per heavy atom. The SMILES string of the molecule is O=CC1=CC=C([N+](=O)[O-])CC1=S. The van der Waals surface area contributed by atoms with Crippen LogP contribution in [0.5, 0.6) is 0 Å². The van der Waals surface area contributed by atoms with Gasteiger partial charge < -0.3 is 0 Å². The first kappa shape index (κ1) is 8.73. The van der Waals surface area contributed by atoms with E-state index in [-0.39, 0.29) is 12.1 Å². The van der Waals surface area contributed by atoms with E-state index in [1.807, 2.05) is 0 Å². The van der Waals surface area contributed by atoms with E-state index in [1.54, 1.807) is 0 Å². The van der Waals surface area contributed by atoms with Crippen molar-refractivity contribution in [1.82, 2.24) is 0 Å². The van der Waals surface area contributed by atoms with Crippen molar-refractivity contribution in [2.45, 2.75) is 6.42 Å². The third kappa shape index (κ3) is 1.62. The van der Waals surface area contributed by atoms with Gasteiger partial charge in [0.1, 0.15) is 0 Å². The van der Waals surface area contributed by atoms with Gasteiger partial charge in [-0.05, 0) is 6.08 Å². The highest BCUT2D eigenvalue weighted by molar-refractivity contribution is 7.81. The van der Waals surface area contributed by atoms with Gasteiger partial charge in [0.05, 0.1) is 11.3 Å². The predicted octanol–water partition coefficient (Wildman–Crippen LogP) is 1.05. The number of nitro groups is 1. The number of hydrogen-bond donors (Lipinski definition) is 0. The molecule has 0 N–H and O–H groups in total. The number of carbonyl (C=O) groups excluding carboxylic acids is 1. The fraction of sp³-hybridized carbons (Fsp3) is 0.143. The highest BCUT2D eigenvalue weighted by Gasteiger charge is 2.18. The van der Waals surface area contributed by atoms with Crippen LogP contribution in [0, 0.1) is 10.1 Å². The van der Waals surface area contributed by atoms with Crippen LogP contribution in [0.25, 0.3) is 0 Å². The van der Waals surface area contributed by atoms with Gasteiger partial charge in [0.25, 0.3) is 5.70 Å². The van der Waals surface area contributed by atoms with E-state index in [0.29, 0.717) is 16.7 Å². The van der Waals surface area contributed by atoms with E-state index in [1.165, 1.54) is 12.2 Å². The Kier molecular flexibility index (Phi) is 2.44. The monoisotopic (exact) mass is 183 g/mol. The molecule has 0 spiro atoms. The van der Waals surface area contributed by atoms with E-state index in [0.717, 1.165) is 0 Å². The van der Waals surface area contributed by atoms with Crippen molar-refractivity contribution < 1.29 is 9.72 Å². The minimum Gasteiger partial charge on any atom is -0.298 e. The maximum Gasteiger partial charge on any atom is 0.251 e. The lowest BCUT2D eigenvalue weighted by Crippen LogP contribution is -2.11. The van der Waals surface area contributed by atoms with Crippen LogP contribution in [0.2, 0.25) is 0 Å². The summed E-state index contributed by atoms with van der Waals surface area (Å²) in [4.78, 5) is 20.4. The van der Waals surface area contributed by atoms with Crippen molar-refractivity contribution in [1.29, 1.82) is 0 Å². The average molecular weight is 183 g/mol. The summed E-state index contributed by atoms with van der Waals surface area (Å²) >= 11 is 4.78. The Morgan fingerprint density at radius 1 is 1.58 bits per heavy atom. The molecule has 12 heavy (non-hydrogen) atoms. The quantitative estimate of drug-likeness (QED) is 0.278. The summed E-state index contributed by atoms with van der Waals surface area (Å²) in [6.07, 6.45) is 3.36. The van der Waals surface area contributed by atoms with E-state index >= 15 is 0 Å². The number of hydrogen-bond acceptors (Lipinski definition) is 4. The molecule has 62 valence electrons. The fourth-order valence-electron chi connectivity index (χ4n) is 0.835. The number of allylic oxidation sites excluding steroid dienone is 4. The molecular weight excluding hydrogens is 178 g/mol. The number of aldehydes is 1. The molecule has 0 bridgehead atoms. The van der Waals surface area contributed by atoms with Gasteiger partial charge in [-0.2, -0.15) is 0 Å². The molecule has 0 aromatic rings. The molecule has 0 heterocycles. The zero-order valence-electron chi connectivity index (χ0n) is 6.02. The molecule has 0 aromatic heterocycles. The van der Waals surface area contributed by atoms with Gasteiger partial charge in [-0.3, -0.25) is 14.9 Å². The molecule has 0 radical (unpaired) electrons. The zero-order chi connectivity index (χ0) is 9.14. The number of nitrogens with zero attached hydrogens (tertiary/aromatic N) is 1. The first-order valence-electron chi connectivity index (χ1n) is 3.19. The van der Waals surface area contributed by atoms with E-state index in [9.17, 15) is 14.9 Å². The summed E-state index contributed by atoms with van der Waals surface area (Å²) in [6, 6.07) is 0. The second-order valence-corrected chi connectivity index (χ2v) is 2.75. The molecule has 0 saturated heterocycles. The molecule has 1 rings (SSSR count). The lowest BCUT2D eigenvalue weighted by Gasteiger charge is -2.04. The number of carbonyl (C=O) groups is 1. The number of rotatable bonds is 2. The lowest BCUT2D eigenvalue weighted by molar-refractivity contribution is -0.426. The van der Waals surface area contributed by atoms with Crippen molar-refractivity contribution >= 4 is 23.4 Å². The predicted molar refractivity (Wildman–Crippen MR) is 46.4 cm³/mol. The Bertz CT molecular complexity index is 317. The van der Waals surface area contributed by atoms with Gasteiger partial charge in [-0.1, -0.05) is 12.2 Å². The summed E-state index contributed by atoms with van der Waals surface area (Å²) in [5, 5.41) is 10.3. The molecule has 0 fully saturated rings. The summed E-state index contributed by atoms with van der Waals surface area (Å²) in [5.74, 6) is 0. The summed E-state index contributed by atoms with van der Waals surface area (Å²) < 4.78 is 0. The van der Waals surface area contributed by atoms with Gasteiger partial charge in [0, 0.05) is 16.5 Å². The lowest BCUT2D eigenvalue weighted by atomic mass is 10.0. The van der Waals surface area contributed by atoms with Crippen LogP contribution in [0.1, 0.15) is 6.42 Å². The van der Waals surface area contributed by atoms with Crippen molar-refractivity contribution in [3.8, 4) is 0 Å². The van der Waals surface area contributed by atoms with Gasteiger partial charge >= 0.3 is 0 Å². The minimum absolute atomic E-state index is 0.0330. The topological polar surface area (TPSA) is 60.2 Å². The van der Waals surface area contributed by atoms with E-state index < -0.39 is 4.92 Å². The van der Waals surface area contributed by atoms with Crippen molar-refractivity contribution in [2.24, 2.45) is 0 Å². The largest absolute Gasteiger partial charge is 0.298 e. The molecule has 0 aromatic carbocycles. The van der Waals surface area contributed by atoms with Crippen LogP contribution >= 0.6 is 12.2 Å². The molecule has 0 unspecified atom stereocenters. The second kappa shape index (κ2) is 3.36. The van der Waals surface area contributed by atoms with Gasteiger partial charge in [-0.25, -0.2) is 0 Å². The Morgan fingerprint density at radius 3 is 2.67 bits per heavy atom. The van der Waals surface area contributed by atoms with Crippen LogP contribution in [-0.2, 0) is 4.79 Å². The standard InChI is InChI=1S/C7H5NO3S/c9-4-5-1-2-6(8(10)11)3-7(5)12/h1-2,4H,3H2. The van der Waals surface area contributed by atoms with Crippen LogP contribution in [0.15, 0.2) is 23.4 Å². The van der Waals surface area contributed by atoms with Gasteiger partial charge in [0.15, 0.2) is 6.29 Å². The van der Waals surface area contributed by atoms with Gasteiger partial charge in [0.2, 0.25) is 0 Å². The average Bonchev–Trinajstić information content (AvgIpc) is 2.04. The third-order valence-corrected chi connectivity index (χ3v) is 1.86. The minimum atomic E-state index is -0.496. The third-order valence-electron chi connectivity index (χ3n) is 1.48. The zero-order valence-corrected chi connectivity index (χ0v) is 6.84. The second-order valence-electron chi connectivity index (χ2n) is 2.25. The molecule has 1 aliphatic rings. The maximum absolute atomic E-state index is 10.3. The molecule has 0 amide bonds. The molecule has 0 saturated carbocycles. The first-order chi connectivity index (χ1) is 5.65. The van der Waals surface area contributed by atoms with Crippen LogP contribution in [0.3, 0.4) is 0 Å². The van der Waals surface area contributed by atoms with Crippen molar-refractivity contribution in [3.05, 3.63) is 33.5 Å². The van der Waals surface area contributed by atoms with Crippen LogP contribution < -0.4 is 0 Å². The molecule has 5 heteroatoms.